The molecule has 1 N–H and O–H groups in total. The molecule has 0 aromatic carbocycles. The van der Waals surface area contributed by atoms with Gasteiger partial charge in [-0.05, 0) is 36.9 Å². The standard InChI is InChI=1S/C11H16N2/c1-9(11-5-3-7-13-11)10-4-2-6-12-8-10/h2,4,6,8-9,11,13H,3,5,7H2,1H3. The van der Waals surface area contributed by atoms with E-state index in [0.29, 0.717) is 12.0 Å². The Bertz CT molecular complexity index is 252. The fraction of sp³-hybridized carbons (Fsp3) is 0.545. The van der Waals surface area contributed by atoms with E-state index in [9.17, 15) is 0 Å². The van der Waals surface area contributed by atoms with E-state index in [1.807, 2.05) is 18.5 Å². The highest BCUT2D eigenvalue weighted by Crippen LogP contribution is 2.23. The van der Waals surface area contributed by atoms with Crippen LogP contribution in [-0.2, 0) is 0 Å². The fourth-order valence-electron chi connectivity index (χ4n) is 2.02. The Morgan fingerprint density at radius 3 is 3.15 bits per heavy atom. The predicted octanol–water partition coefficient (Wildman–Crippen LogP) is 1.94. The van der Waals surface area contributed by atoms with Crippen LogP contribution in [0, 0.1) is 0 Å². The molecule has 2 unspecified atom stereocenters. The van der Waals surface area contributed by atoms with E-state index in [1.54, 1.807) is 0 Å². The topological polar surface area (TPSA) is 24.9 Å². The quantitative estimate of drug-likeness (QED) is 0.745. The molecule has 1 fully saturated rings. The summed E-state index contributed by atoms with van der Waals surface area (Å²) in [7, 11) is 0. The summed E-state index contributed by atoms with van der Waals surface area (Å²) in [5.41, 5.74) is 1.35. The third-order valence-corrected chi connectivity index (χ3v) is 2.91. The summed E-state index contributed by atoms with van der Waals surface area (Å²) in [5, 5.41) is 3.53. The predicted molar refractivity (Wildman–Crippen MR) is 53.7 cm³/mol. The van der Waals surface area contributed by atoms with E-state index in [1.165, 1.54) is 24.9 Å². The van der Waals surface area contributed by atoms with Gasteiger partial charge in [0.25, 0.3) is 0 Å². The van der Waals surface area contributed by atoms with Crippen LogP contribution < -0.4 is 5.32 Å². The lowest BCUT2D eigenvalue weighted by Gasteiger charge is -2.19. The Hall–Kier alpha value is -0.890. The van der Waals surface area contributed by atoms with Crippen molar-refractivity contribution in [3.05, 3.63) is 30.1 Å². The van der Waals surface area contributed by atoms with Crippen LogP contribution >= 0.6 is 0 Å². The van der Waals surface area contributed by atoms with Crippen LogP contribution in [0.4, 0.5) is 0 Å². The Balaban J connectivity index is 2.08. The highest BCUT2D eigenvalue weighted by atomic mass is 14.9. The number of hydrogen-bond acceptors (Lipinski definition) is 2. The van der Waals surface area contributed by atoms with Gasteiger partial charge in [-0.1, -0.05) is 13.0 Å². The zero-order chi connectivity index (χ0) is 9.10. The molecule has 2 heterocycles. The second-order valence-electron chi connectivity index (χ2n) is 3.78. The van der Waals surface area contributed by atoms with Crippen LogP contribution in [-0.4, -0.2) is 17.6 Å². The minimum Gasteiger partial charge on any atom is -0.313 e. The van der Waals surface area contributed by atoms with Crippen molar-refractivity contribution >= 4 is 0 Å². The lowest BCUT2D eigenvalue weighted by atomic mass is 9.94. The molecule has 0 spiro atoms. The molecule has 2 heteroatoms. The Morgan fingerprint density at radius 2 is 2.54 bits per heavy atom. The van der Waals surface area contributed by atoms with Crippen molar-refractivity contribution in [1.82, 2.24) is 10.3 Å². The van der Waals surface area contributed by atoms with Crippen LogP contribution in [0.1, 0.15) is 31.2 Å². The first kappa shape index (κ1) is 8.70. The summed E-state index contributed by atoms with van der Waals surface area (Å²) in [4.78, 5) is 4.15. The molecule has 2 nitrogen and oxygen atoms in total. The van der Waals surface area contributed by atoms with Crippen molar-refractivity contribution in [1.29, 1.82) is 0 Å². The summed E-state index contributed by atoms with van der Waals surface area (Å²) >= 11 is 0. The third kappa shape index (κ3) is 1.89. The second kappa shape index (κ2) is 3.88. The summed E-state index contributed by atoms with van der Waals surface area (Å²) in [6.45, 7) is 3.45. The molecule has 13 heavy (non-hydrogen) atoms. The fourth-order valence-corrected chi connectivity index (χ4v) is 2.02. The Kier molecular flexibility index (Phi) is 2.60. The van der Waals surface area contributed by atoms with E-state index in [0.717, 1.165) is 0 Å². The number of hydrogen-bond donors (Lipinski definition) is 1. The molecule has 1 aromatic heterocycles. The van der Waals surface area contributed by atoms with E-state index >= 15 is 0 Å². The number of aromatic nitrogens is 1. The molecule has 0 amide bonds. The van der Waals surface area contributed by atoms with Gasteiger partial charge < -0.3 is 5.32 Å². The van der Waals surface area contributed by atoms with E-state index < -0.39 is 0 Å². The molecule has 1 aliphatic heterocycles. The van der Waals surface area contributed by atoms with E-state index in [4.69, 9.17) is 0 Å². The summed E-state index contributed by atoms with van der Waals surface area (Å²) in [5.74, 6) is 0.594. The molecule has 0 saturated carbocycles. The molecule has 1 saturated heterocycles. The molecule has 0 bridgehead atoms. The third-order valence-electron chi connectivity index (χ3n) is 2.91. The van der Waals surface area contributed by atoms with E-state index in [-0.39, 0.29) is 0 Å². The molecule has 0 radical (unpaired) electrons. The Morgan fingerprint density at radius 1 is 1.62 bits per heavy atom. The van der Waals surface area contributed by atoms with E-state index in [2.05, 4.69) is 23.3 Å². The number of nitrogens with one attached hydrogen (secondary N) is 1. The SMILES string of the molecule is CC(c1cccnc1)C1CCCN1. The first-order chi connectivity index (χ1) is 6.38. The van der Waals surface area contributed by atoms with Gasteiger partial charge in [0.2, 0.25) is 0 Å². The maximum Gasteiger partial charge on any atom is 0.0303 e. The van der Waals surface area contributed by atoms with Crippen molar-refractivity contribution in [2.45, 2.75) is 31.7 Å². The zero-order valence-corrected chi connectivity index (χ0v) is 8.03. The molecular weight excluding hydrogens is 160 g/mol. The summed E-state index contributed by atoms with van der Waals surface area (Å²) < 4.78 is 0. The summed E-state index contributed by atoms with van der Waals surface area (Å²) in [6.07, 6.45) is 6.42. The second-order valence-corrected chi connectivity index (χ2v) is 3.78. The minimum absolute atomic E-state index is 0.594. The van der Waals surface area contributed by atoms with Crippen molar-refractivity contribution in [3.63, 3.8) is 0 Å². The first-order valence-electron chi connectivity index (χ1n) is 5.01. The molecule has 2 rings (SSSR count). The highest BCUT2D eigenvalue weighted by Gasteiger charge is 2.21. The maximum absolute atomic E-state index is 4.15. The van der Waals surface area contributed by atoms with Gasteiger partial charge in [-0.25, -0.2) is 0 Å². The number of pyridine rings is 1. The largest absolute Gasteiger partial charge is 0.313 e. The molecule has 1 aliphatic rings. The van der Waals surface area contributed by atoms with Crippen LogP contribution in [0.25, 0.3) is 0 Å². The Labute approximate surface area is 79.4 Å². The van der Waals surface area contributed by atoms with Gasteiger partial charge in [0.1, 0.15) is 0 Å². The number of nitrogens with zero attached hydrogens (tertiary/aromatic N) is 1. The monoisotopic (exact) mass is 176 g/mol. The van der Waals surface area contributed by atoms with Crippen LogP contribution in [0.2, 0.25) is 0 Å². The first-order valence-corrected chi connectivity index (χ1v) is 5.01. The van der Waals surface area contributed by atoms with Gasteiger partial charge in [0.15, 0.2) is 0 Å². The molecule has 0 aliphatic carbocycles. The van der Waals surface area contributed by atoms with Crippen molar-refractivity contribution in [2.24, 2.45) is 0 Å². The number of rotatable bonds is 2. The van der Waals surface area contributed by atoms with Gasteiger partial charge in [-0.15, -0.1) is 0 Å². The molecular formula is C11H16N2. The van der Waals surface area contributed by atoms with Crippen LogP contribution in [0.5, 0.6) is 0 Å². The van der Waals surface area contributed by atoms with Crippen LogP contribution in [0.15, 0.2) is 24.5 Å². The zero-order valence-electron chi connectivity index (χ0n) is 8.03. The van der Waals surface area contributed by atoms with Crippen molar-refractivity contribution in [2.75, 3.05) is 6.54 Å². The normalized spacial score (nSPS) is 24.5. The maximum atomic E-state index is 4.15. The molecule has 1 aromatic rings. The lowest BCUT2D eigenvalue weighted by Crippen LogP contribution is -2.27. The average molecular weight is 176 g/mol. The van der Waals surface area contributed by atoms with Gasteiger partial charge in [-0.2, -0.15) is 0 Å². The highest BCUT2D eigenvalue weighted by molar-refractivity contribution is 5.16. The minimum atomic E-state index is 0.594. The average Bonchev–Trinajstić information content (AvgIpc) is 2.71. The smallest absolute Gasteiger partial charge is 0.0303 e. The van der Waals surface area contributed by atoms with Crippen molar-refractivity contribution < 1.29 is 0 Å². The summed E-state index contributed by atoms with van der Waals surface area (Å²) in [6, 6.07) is 4.84. The van der Waals surface area contributed by atoms with Gasteiger partial charge in [0.05, 0.1) is 0 Å². The van der Waals surface area contributed by atoms with Gasteiger partial charge >= 0.3 is 0 Å². The van der Waals surface area contributed by atoms with Crippen molar-refractivity contribution in [3.8, 4) is 0 Å². The molecule has 2 atom stereocenters. The molecule has 70 valence electrons. The lowest BCUT2D eigenvalue weighted by molar-refractivity contribution is 0.516. The van der Waals surface area contributed by atoms with Gasteiger partial charge in [0, 0.05) is 18.4 Å². The van der Waals surface area contributed by atoms with Gasteiger partial charge in [-0.3, -0.25) is 4.98 Å². The van der Waals surface area contributed by atoms with Crippen LogP contribution in [0.3, 0.4) is 0 Å².